The van der Waals surface area contributed by atoms with Crippen LogP contribution in [0.2, 0.25) is 0 Å². The van der Waals surface area contributed by atoms with Crippen molar-refractivity contribution in [2.45, 2.75) is 18.9 Å². The van der Waals surface area contributed by atoms with Gasteiger partial charge in [0.2, 0.25) is 0 Å². The number of nitrogens with two attached hydrogens (primary N) is 1. The van der Waals surface area contributed by atoms with Crippen LogP contribution in [0.15, 0.2) is 22.7 Å². The summed E-state index contributed by atoms with van der Waals surface area (Å²) in [6.07, 6.45) is 2.46. The lowest BCUT2D eigenvalue weighted by atomic mass is 10.1. The molecular weight excluding hydrogens is 312 g/mol. The largest absolute Gasteiger partial charge is 0.490 e. The molecule has 0 aromatic heterocycles. The van der Waals surface area contributed by atoms with Crippen molar-refractivity contribution < 1.29 is 4.74 Å². The predicted octanol–water partition coefficient (Wildman–Crippen LogP) is 2.56. The van der Waals surface area contributed by atoms with Gasteiger partial charge in [-0.2, -0.15) is 0 Å². The van der Waals surface area contributed by atoms with Crippen LogP contribution < -0.4 is 10.5 Å². The second-order valence-electron chi connectivity index (χ2n) is 4.63. The van der Waals surface area contributed by atoms with E-state index in [0.717, 1.165) is 41.7 Å². The Labute approximate surface area is 121 Å². The molecule has 0 saturated carbocycles. The fourth-order valence-electron chi connectivity index (χ4n) is 2.06. The van der Waals surface area contributed by atoms with Crippen molar-refractivity contribution in [1.82, 2.24) is 4.90 Å². The molecule has 0 bridgehead atoms. The van der Waals surface area contributed by atoms with Gasteiger partial charge in [0.05, 0.1) is 0 Å². The van der Waals surface area contributed by atoms with Gasteiger partial charge in [0.15, 0.2) is 0 Å². The monoisotopic (exact) mass is 328 g/mol. The Morgan fingerprint density at radius 2 is 2.11 bits per heavy atom. The van der Waals surface area contributed by atoms with Gasteiger partial charge in [-0.3, -0.25) is 0 Å². The first-order valence-electron chi connectivity index (χ1n) is 6.01. The maximum Gasteiger partial charge on any atom is 0.120 e. The first-order valence-corrected chi connectivity index (χ1v) is 7.21. The molecular formula is C13H17BrN2OS. The lowest BCUT2D eigenvalue weighted by Gasteiger charge is -2.29. The molecule has 1 aromatic rings. The molecule has 0 radical (unpaired) electrons. The summed E-state index contributed by atoms with van der Waals surface area (Å²) in [5.41, 5.74) is 6.47. The number of ether oxygens (including phenoxy) is 1. The van der Waals surface area contributed by atoms with Gasteiger partial charge in [-0.25, -0.2) is 0 Å². The SMILES string of the molecule is CN1CCC(Oc2ccc(C(N)=S)c(Br)c2)CC1. The smallest absolute Gasteiger partial charge is 0.120 e. The number of halogens is 1. The fraction of sp³-hybridized carbons (Fsp3) is 0.462. The highest BCUT2D eigenvalue weighted by Gasteiger charge is 2.18. The van der Waals surface area contributed by atoms with Gasteiger partial charge in [0, 0.05) is 23.1 Å². The summed E-state index contributed by atoms with van der Waals surface area (Å²) in [7, 11) is 2.14. The summed E-state index contributed by atoms with van der Waals surface area (Å²) >= 11 is 8.43. The van der Waals surface area contributed by atoms with Crippen LogP contribution in [0.4, 0.5) is 0 Å². The first-order chi connectivity index (χ1) is 8.56. The van der Waals surface area contributed by atoms with Crippen LogP contribution in [0.5, 0.6) is 5.75 Å². The highest BCUT2D eigenvalue weighted by molar-refractivity contribution is 9.10. The van der Waals surface area contributed by atoms with Gasteiger partial charge in [-0.15, -0.1) is 0 Å². The number of benzene rings is 1. The van der Waals surface area contributed by atoms with E-state index in [-0.39, 0.29) is 0 Å². The molecule has 1 aliphatic rings. The number of hydrogen-bond acceptors (Lipinski definition) is 3. The molecule has 5 heteroatoms. The zero-order valence-electron chi connectivity index (χ0n) is 10.4. The summed E-state index contributed by atoms with van der Waals surface area (Å²) in [5, 5.41) is 0. The minimum absolute atomic E-state index is 0.309. The molecule has 0 spiro atoms. The zero-order chi connectivity index (χ0) is 13.1. The average Bonchev–Trinajstić information content (AvgIpc) is 2.32. The van der Waals surface area contributed by atoms with Gasteiger partial charge in [-0.05, 0) is 54.0 Å². The van der Waals surface area contributed by atoms with Gasteiger partial charge in [0.25, 0.3) is 0 Å². The number of nitrogens with zero attached hydrogens (tertiary/aromatic N) is 1. The Balaban J connectivity index is 2.02. The van der Waals surface area contributed by atoms with Gasteiger partial charge < -0.3 is 15.4 Å². The van der Waals surface area contributed by atoms with Gasteiger partial charge in [-0.1, -0.05) is 12.2 Å². The number of piperidine rings is 1. The van der Waals surface area contributed by atoms with Crippen molar-refractivity contribution in [3.8, 4) is 5.75 Å². The van der Waals surface area contributed by atoms with Crippen LogP contribution in [0.1, 0.15) is 18.4 Å². The molecule has 0 atom stereocenters. The molecule has 1 fully saturated rings. The van der Waals surface area contributed by atoms with Crippen LogP contribution in [0.25, 0.3) is 0 Å². The molecule has 0 amide bonds. The predicted molar refractivity (Wildman–Crippen MR) is 81.2 cm³/mol. The van der Waals surface area contributed by atoms with E-state index in [1.807, 2.05) is 18.2 Å². The van der Waals surface area contributed by atoms with Crippen LogP contribution in [0, 0.1) is 0 Å². The van der Waals surface area contributed by atoms with E-state index in [0.29, 0.717) is 11.1 Å². The van der Waals surface area contributed by atoms with Crippen LogP contribution in [-0.4, -0.2) is 36.1 Å². The number of rotatable bonds is 3. The minimum atomic E-state index is 0.309. The quantitative estimate of drug-likeness (QED) is 0.865. The molecule has 0 aliphatic carbocycles. The van der Waals surface area contributed by atoms with Crippen LogP contribution in [-0.2, 0) is 0 Å². The van der Waals surface area contributed by atoms with Crippen molar-refractivity contribution in [1.29, 1.82) is 0 Å². The van der Waals surface area contributed by atoms with E-state index >= 15 is 0 Å². The lowest BCUT2D eigenvalue weighted by Crippen LogP contribution is -2.35. The molecule has 18 heavy (non-hydrogen) atoms. The molecule has 98 valence electrons. The normalized spacial score (nSPS) is 17.7. The van der Waals surface area contributed by atoms with E-state index in [9.17, 15) is 0 Å². The Morgan fingerprint density at radius 3 is 2.67 bits per heavy atom. The molecule has 2 rings (SSSR count). The zero-order valence-corrected chi connectivity index (χ0v) is 12.8. The maximum atomic E-state index is 5.98. The molecule has 1 aliphatic heterocycles. The standard InChI is InChI=1S/C13H17BrN2OS/c1-16-6-4-9(5-7-16)17-10-2-3-11(13(15)18)12(14)8-10/h2-3,8-9H,4-7H2,1H3,(H2,15,18). The van der Waals surface area contributed by atoms with E-state index < -0.39 is 0 Å². The summed E-state index contributed by atoms with van der Waals surface area (Å²) in [5.74, 6) is 0.872. The van der Waals surface area contributed by atoms with Crippen molar-refractivity contribution in [2.75, 3.05) is 20.1 Å². The highest BCUT2D eigenvalue weighted by Crippen LogP contribution is 2.25. The second-order valence-corrected chi connectivity index (χ2v) is 5.92. The molecule has 1 aromatic carbocycles. The number of hydrogen-bond donors (Lipinski definition) is 1. The van der Waals surface area contributed by atoms with Crippen LogP contribution in [0.3, 0.4) is 0 Å². The molecule has 2 N–H and O–H groups in total. The summed E-state index contributed by atoms with van der Waals surface area (Å²) < 4.78 is 6.87. The first kappa shape index (κ1) is 13.8. The fourth-order valence-corrected chi connectivity index (χ4v) is 2.94. The van der Waals surface area contributed by atoms with E-state index in [4.69, 9.17) is 22.7 Å². The Morgan fingerprint density at radius 1 is 1.44 bits per heavy atom. The van der Waals surface area contributed by atoms with Crippen molar-refractivity contribution in [3.05, 3.63) is 28.2 Å². The minimum Gasteiger partial charge on any atom is -0.490 e. The average molecular weight is 329 g/mol. The van der Waals surface area contributed by atoms with Crippen molar-refractivity contribution in [2.24, 2.45) is 5.73 Å². The Hall–Kier alpha value is -0.650. The molecule has 1 saturated heterocycles. The summed E-state index contributed by atoms with van der Waals surface area (Å²) in [6, 6.07) is 5.76. The third-order valence-corrected chi connectivity index (χ3v) is 4.05. The number of likely N-dealkylation sites (tertiary alicyclic amines) is 1. The Kier molecular flexibility index (Phi) is 4.59. The third-order valence-electron chi connectivity index (χ3n) is 3.17. The second kappa shape index (κ2) is 5.99. The third kappa shape index (κ3) is 3.43. The van der Waals surface area contributed by atoms with Crippen molar-refractivity contribution in [3.63, 3.8) is 0 Å². The lowest BCUT2D eigenvalue weighted by molar-refractivity contribution is 0.114. The number of thiocarbonyl (C=S) groups is 1. The van der Waals surface area contributed by atoms with E-state index in [1.54, 1.807) is 0 Å². The molecule has 3 nitrogen and oxygen atoms in total. The van der Waals surface area contributed by atoms with E-state index in [1.165, 1.54) is 0 Å². The maximum absolute atomic E-state index is 5.98. The van der Waals surface area contributed by atoms with Crippen molar-refractivity contribution >= 4 is 33.1 Å². The highest BCUT2D eigenvalue weighted by atomic mass is 79.9. The van der Waals surface area contributed by atoms with Crippen LogP contribution >= 0.6 is 28.1 Å². The summed E-state index contributed by atoms with van der Waals surface area (Å²) in [6.45, 7) is 2.19. The topological polar surface area (TPSA) is 38.5 Å². The summed E-state index contributed by atoms with van der Waals surface area (Å²) in [4.78, 5) is 2.72. The van der Waals surface area contributed by atoms with Gasteiger partial charge in [0.1, 0.15) is 16.8 Å². The Bertz CT molecular complexity index is 445. The van der Waals surface area contributed by atoms with Gasteiger partial charge >= 0.3 is 0 Å². The van der Waals surface area contributed by atoms with E-state index in [2.05, 4.69) is 27.9 Å². The molecule has 0 unspecified atom stereocenters. The molecule has 1 heterocycles.